The predicted molar refractivity (Wildman–Crippen MR) is 91.8 cm³/mol. The molecule has 1 unspecified atom stereocenters. The number of carbonyl (C=O) groups is 2. The monoisotopic (exact) mass is 338 g/mol. The minimum absolute atomic E-state index is 0.0286. The number of aliphatic hydroxyl groups is 1. The van der Waals surface area contributed by atoms with Crippen LogP contribution < -0.4 is 10.6 Å². The summed E-state index contributed by atoms with van der Waals surface area (Å²) in [6.45, 7) is 4.27. The molecule has 0 aromatic carbocycles. The number of amides is 2. The summed E-state index contributed by atoms with van der Waals surface area (Å²) in [5, 5.41) is 15.0. The third-order valence-electron chi connectivity index (χ3n) is 4.16. The summed E-state index contributed by atoms with van der Waals surface area (Å²) in [4.78, 5) is 25.8. The zero-order chi connectivity index (χ0) is 16.8. The van der Waals surface area contributed by atoms with Gasteiger partial charge in [-0.3, -0.25) is 9.59 Å². The van der Waals surface area contributed by atoms with Gasteiger partial charge in [0.2, 0.25) is 5.91 Å². The average molecular weight is 338 g/mol. The van der Waals surface area contributed by atoms with Crippen LogP contribution in [-0.4, -0.2) is 36.1 Å². The van der Waals surface area contributed by atoms with Crippen LogP contribution in [0.25, 0.3) is 0 Å². The first-order valence-electron chi connectivity index (χ1n) is 8.32. The lowest BCUT2D eigenvalue weighted by atomic mass is 9.99. The number of hydrogen-bond donors (Lipinski definition) is 3. The second kappa shape index (κ2) is 8.45. The van der Waals surface area contributed by atoms with Crippen LogP contribution in [0.2, 0.25) is 0 Å². The van der Waals surface area contributed by atoms with Gasteiger partial charge in [0.05, 0.1) is 17.5 Å². The summed E-state index contributed by atoms with van der Waals surface area (Å²) in [6, 6.07) is 1.96. The van der Waals surface area contributed by atoms with Crippen molar-refractivity contribution in [2.24, 2.45) is 5.92 Å². The zero-order valence-electron chi connectivity index (χ0n) is 13.9. The van der Waals surface area contributed by atoms with Crippen LogP contribution in [0.3, 0.4) is 0 Å². The van der Waals surface area contributed by atoms with E-state index in [9.17, 15) is 14.7 Å². The molecule has 2 amide bonds. The molecular weight excluding hydrogens is 312 g/mol. The maximum atomic E-state index is 12.1. The number of hydrogen-bond acceptors (Lipinski definition) is 4. The molecule has 23 heavy (non-hydrogen) atoms. The summed E-state index contributed by atoms with van der Waals surface area (Å²) in [5.74, 6) is -0.228. The average Bonchev–Trinajstić information content (AvgIpc) is 2.96. The van der Waals surface area contributed by atoms with Crippen molar-refractivity contribution in [3.05, 3.63) is 21.4 Å². The van der Waals surface area contributed by atoms with Crippen LogP contribution in [0.5, 0.6) is 0 Å². The molecule has 0 radical (unpaired) electrons. The first-order chi connectivity index (χ1) is 11.0. The molecule has 0 spiro atoms. The number of nitrogens with one attached hydrogen (secondary N) is 2. The van der Waals surface area contributed by atoms with E-state index in [0.717, 1.165) is 12.8 Å². The molecule has 1 aliphatic rings. The third-order valence-corrected chi connectivity index (χ3v) is 5.40. The minimum Gasteiger partial charge on any atom is -0.393 e. The largest absolute Gasteiger partial charge is 0.393 e. The van der Waals surface area contributed by atoms with Crippen molar-refractivity contribution in [1.82, 2.24) is 10.6 Å². The third kappa shape index (κ3) is 5.32. The van der Waals surface area contributed by atoms with Gasteiger partial charge in [-0.2, -0.15) is 0 Å². The van der Waals surface area contributed by atoms with Crippen LogP contribution in [0.1, 0.15) is 53.2 Å². The molecule has 128 valence electrons. The van der Waals surface area contributed by atoms with E-state index in [0.29, 0.717) is 17.8 Å². The first-order valence-corrected chi connectivity index (χ1v) is 9.13. The van der Waals surface area contributed by atoms with E-state index in [2.05, 4.69) is 10.6 Å². The van der Waals surface area contributed by atoms with Crippen molar-refractivity contribution < 1.29 is 14.7 Å². The van der Waals surface area contributed by atoms with E-state index in [1.165, 1.54) is 23.3 Å². The lowest BCUT2D eigenvalue weighted by Gasteiger charge is -2.14. The van der Waals surface area contributed by atoms with E-state index < -0.39 is 6.10 Å². The Morgan fingerprint density at radius 2 is 2.00 bits per heavy atom. The Bertz CT molecular complexity index is 531. The summed E-state index contributed by atoms with van der Waals surface area (Å²) >= 11 is 1.54. The van der Waals surface area contributed by atoms with E-state index in [4.69, 9.17) is 0 Å². The Kier molecular flexibility index (Phi) is 6.59. The number of aryl methyl sites for hydroxylation is 2. The quantitative estimate of drug-likeness (QED) is 0.710. The molecule has 1 aromatic heterocycles. The van der Waals surface area contributed by atoms with Gasteiger partial charge in [0, 0.05) is 11.4 Å². The minimum atomic E-state index is -0.415. The first kappa shape index (κ1) is 17.9. The zero-order valence-corrected chi connectivity index (χ0v) is 14.7. The number of aliphatic hydroxyl groups excluding tert-OH is 1. The van der Waals surface area contributed by atoms with E-state index >= 15 is 0 Å². The van der Waals surface area contributed by atoms with Gasteiger partial charge >= 0.3 is 0 Å². The van der Waals surface area contributed by atoms with E-state index in [1.807, 2.05) is 19.9 Å². The Morgan fingerprint density at radius 1 is 1.26 bits per heavy atom. The van der Waals surface area contributed by atoms with Crippen molar-refractivity contribution in [2.45, 2.75) is 52.1 Å². The molecule has 1 heterocycles. The molecule has 0 saturated heterocycles. The molecule has 1 aliphatic carbocycles. The SMILES string of the molecule is CC(C)C(O)CCNC(=O)CNC(=O)c1cc2c(s1)CCCC2. The summed E-state index contributed by atoms with van der Waals surface area (Å²) in [7, 11) is 0. The molecule has 5 nitrogen and oxygen atoms in total. The Morgan fingerprint density at radius 3 is 2.70 bits per heavy atom. The fourth-order valence-electron chi connectivity index (χ4n) is 2.61. The maximum Gasteiger partial charge on any atom is 0.261 e. The van der Waals surface area contributed by atoms with Gasteiger partial charge in [-0.15, -0.1) is 11.3 Å². The Labute approximate surface area is 141 Å². The second-order valence-corrected chi connectivity index (χ2v) is 7.54. The molecule has 0 saturated carbocycles. The van der Waals surface area contributed by atoms with Gasteiger partial charge in [-0.05, 0) is 49.7 Å². The summed E-state index contributed by atoms with van der Waals surface area (Å²) in [5.41, 5.74) is 1.29. The highest BCUT2D eigenvalue weighted by Gasteiger charge is 2.17. The van der Waals surface area contributed by atoms with Gasteiger partial charge in [-0.1, -0.05) is 13.8 Å². The second-order valence-electron chi connectivity index (χ2n) is 6.40. The summed E-state index contributed by atoms with van der Waals surface area (Å²) in [6.07, 6.45) is 4.61. The molecule has 1 aromatic rings. The van der Waals surface area contributed by atoms with Crippen LogP contribution >= 0.6 is 11.3 Å². The normalized spacial score (nSPS) is 15.1. The smallest absolute Gasteiger partial charge is 0.261 e. The number of rotatable bonds is 7. The highest BCUT2D eigenvalue weighted by Crippen LogP contribution is 2.29. The van der Waals surface area contributed by atoms with Gasteiger partial charge in [0.25, 0.3) is 5.91 Å². The lowest BCUT2D eigenvalue weighted by Crippen LogP contribution is -2.38. The van der Waals surface area contributed by atoms with Gasteiger partial charge in [0.1, 0.15) is 0 Å². The topological polar surface area (TPSA) is 78.4 Å². The van der Waals surface area contributed by atoms with Gasteiger partial charge in [0.15, 0.2) is 0 Å². The molecule has 0 bridgehead atoms. The fraction of sp³-hybridized carbons (Fsp3) is 0.647. The van der Waals surface area contributed by atoms with Crippen molar-refractivity contribution in [2.75, 3.05) is 13.1 Å². The molecule has 6 heteroatoms. The maximum absolute atomic E-state index is 12.1. The van der Waals surface area contributed by atoms with Crippen LogP contribution in [0.15, 0.2) is 6.07 Å². The molecule has 0 fully saturated rings. The molecule has 2 rings (SSSR count). The summed E-state index contributed by atoms with van der Waals surface area (Å²) < 4.78 is 0. The van der Waals surface area contributed by atoms with Crippen LogP contribution in [0, 0.1) is 5.92 Å². The van der Waals surface area contributed by atoms with Crippen molar-refractivity contribution >= 4 is 23.2 Å². The lowest BCUT2D eigenvalue weighted by molar-refractivity contribution is -0.120. The van der Waals surface area contributed by atoms with E-state index in [1.54, 1.807) is 11.3 Å². The van der Waals surface area contributed by atoms with Crippen molar-refractivity contribution in [1.29, 1.82) is 0 Å². The van der Waals surface area contributed by atoms with E-state index in [-0.39, 0.29) is 24.3 Å². The molecule has 3 N–H and O–H groups in total. The van der Waals surface area contributed by atoms with Crippen molar-refractivity contribution in [3.63, 3.8) is 0 Å². The standard InChI is InChI=1S/C17H26N2O3S/c1-11(2)13(20)7-8-18-16(21)10-19-17(22)15-9-12-5-3-4-6-14(12)23-15/h9,11,13,20H,3-8,10H2,1-2H3,(H,18,21)(H,19,22). The Balaban J connectivity index is 1.71. The molecule has 0 aliphatic heterocycles. The number of fused-ring (bicyclic) bond motifs is 1. The fourth-order valence-corrected chi connectivity index (χ4v) is 3.78. The highest BCUT2D eigenvalue weighted by molar-refractivity contribution is 7.14. The molecular formula is C17H26N2O3S. The van der Waals surface area contributed by atoms with Crippen molar-refractivity contribution in [3.8, 4) is 0 Å². The van der Waals surface area contributed by atoms with Crippen LogP contribution in [0.4, 0.5) is 0 Å². The van der Waals surface area contributed by atoms with Gasteiger partial charge < -0.3 is 15.7 Å². The number of thiophene rings is 1. The molecule has 1 atom stereocenters. The highest BCUT2D eigenvalue weighted by atomic mass is 32.1. The van der Waals surface area contributed by atoms with Gasteiger partial charge in [-0.25, -0.2) is 0 Å². The number of carbonyl (C=O) groups excluding carboxylic acids is 2. The van der Waals surface area contributed by atoms with Crippen LogP contribution in [-0.2, 0) is 17.6 Å². The Hall–Kier alpha value is -1.40. The predicted octanol–water partition coefficient (Wildman–Crippen LogP) is 1.88.